The zero-order chi connectivity index (χ0) is 18.1. The minimum Gasteiger partial charge on any atom is -0.486 e. The van der Waals surface area contributed by atoms with Crippen molar-refractivity contribution >= 4 is 17.6 Å². The summed E-state index contributed by atoms with van der Waals surface area (Å²) in [5.41, 5.74) is 0.694. The van der Waals surface area contributed by atoms with E-state index < -0.39 is 11.6 Å². The van der Waals surface area contributed by atoms with Gasteiger partial charge in [0.1, 0.15) is 11.9 Å². The molecule has 0 aromatic heterocycles. The molecule has 1 atom stereocenters. The van der Waals surface area contributed by atoms with E-state index in [2.05, 4.69) is 5.32 Å². The Morgan fingerprint density at radius 3 is 2.58 bits per heavy atom. The monoisotopic (exact) mass is 353 g/mol. The molecule has 2 aromatic rings. The molecule has 6 heteroatoms. The molecule has 6 nitrogen and oxygen atoms in total. The molecule has 0 aliphatic carbocycles. The topological polar surface area (TPSA) is 73.9 Å². The number of fused-ring (bicyclic) bond motifs is 1. The predicted molar refractivity (Wildman–Crippen MR) is 94.3 cm³/mol. The normalized spacial score (nSPS) is 22.0. The van der Waals surface area contributed by atoms with Crippen molar-refractivity contribution < 1.29 is 23.8 Å². The van der Waals surface area contributed by atoms with E-state index in [0.717, 1.165) is 11.3 Å². The highest BCUT2D eigenvalue weighted by Crippen LogP contribution is 2.29. The van der Waals surface area contributed by atoms with E-state index in [9.17, 15) is 9.59 Å². The van der Waals surface area contributed by atoms with Crippen LogP contribution >= 0.6 is 0 Å². The van der Waals surface area contributed by atoms with Gasteiger partial charge in [0.05, 0.1) is 18.8 Å². The molecule has 2 aliphatic rings. The van der Waals surface area contributed by atoms with Gasteiger partial charge in [-0.2, -0.15) is 0 Å². The van der Waals surface area contributed by atoms with Crippen molar-refractivity contribution in [1.82, 2.24) is 0 Å². The molecule has 1 saturated heterocycles. The number of amides is 1. The smallest absolute Gasteiger partial charge is 0.339 e. The van der Waals surface area contributed by atoms with Gasteiger partial charge < -0.3 is 19.5 Å². The highest BCUT2D eigenvalue weighted by molar-refractivity contribution is 6.02. The van der Waals surface area contributed by atoms with Gasteiger partial charge in [-0.05, 0) is 42.8 Å². The molecule has 0 saturated carbocycles. The number of hydrogen-bond acceptors (Lipinski definition) is 5. The number of benzene rings is 2. The standard InChI is InChI=1S/C20H19NO5/c1-20(10-13-4-2-3-5-17(13)18(22)26-20)19(23)21-14-6-8-15(9-7-14)25-16-11-24-12-16/h2-9,16H,10-12H2,1H3,(H,21,23)/t20-/m0/s1. The van der Waals surface area contributed by atoms with Crippen LogP contribution in [0.3, 0.4) is 0 Å². The fraction of sp³-hybridized carbons (Fsp3) is 0.300. The van der Waals surface area contributed by atoms with Crippen LogP contribution in [0.5, 0.6) is 5.75 Å². The highest BCUT2D eigenvalue weighted by atomic mass is 16.6. The van der Waals surface area contributed by atoms with Crippen LogP contribution in [0.2, 0.25) is 0 Å². The number of rotatable bonds is 4. The summed E-state index contributed by atoms with van der Waals surface area (Å²) in [6.45, 7) is 2.83. The van der Waals surface area contributed by atoms with Crippen LogP contribution in [0.4, 0.5) is 5.69 Å². The molecule has 1 amide bonds. The third-order valence-corrected chi connectivity index (χ3v) is 4.59. The summed E-state index contributed by atoms with van der Waals surface area (Å²) in [6, 6.07) is 14.3. The second-order valence-corrected chi connectivity index (χ2v) is 6.71. The number of esters is 1. The second-order valence-electron chi connectivity index (χ2n) is 6.71. The van der Waals surface area contributed by atoms with Gasteiger partial charge in [0.2, 0.25) is 0 Å². The molecule has 0 unspecified atom stereocenters. The first-order valence-electron chi connectivity index (χ1n) is 8.51. The minimum absolute atomic E-state index is 0.0936. The molecular formula is C20H19NO5. The zero-order valence-electron chi connectivity index (χ0n) is 14.4. The lowest BCUT2D eigenvalue weighted by atomic mass is 9.89. The number of ether oxygens (including phenoxy) is 3. The van der Waals surface area contributed by atoms with Gasteiger partial charge in [-0.3, -0.25) is 4.79 Å². The lowest BCUT2D eigenvalue weighted by molar-refractivity contribution is -0.134. The van der Waals surface area contributed by atoms with Gasteiger partial charge >= 0.3 is 5.97 Å². The van der Waals surface area contributed by atoms with Crippen molar-refractivity contribution in [3.8, 4) is 5.75 Å². The van der Waals surface area contributed by atoms with E-state index in [1.807, 2.05) is 12.1 Å². The van der Waals surface area contributed by atoms with Crippen molar-refractivity contribution in [2.24, 2.45) is 0 Å². The SMILES string of the molecule is C[C@@]1(C(=O)Nc2ccc(OC3COC3)cc2)Cc2ccccc2C(=O)O1. The minimum atomic E-state index is -1.25. The Morgan fingerprint density at radius 2 is 1.88 bits per heavy atom. The first kappa shape index (κ1) is 16.6. The first-order chi connectivity index (χ1) is 12.5. The molecule has 26 heavy (non-hydrogen) atoms. The molecule has 134 valence electrons. The summed E-state index contributed by atoms with van der Waals surface area (Å²) >= 11 is 0. The maximum absolute atomic E-state index is 12.7. The Morgan fingerprint density at radius 1 is 1.15 bits per heavy atom. The zero-order valence-corrected chi connectivity index (χ0v) is 14.4. The summed E-state index contributed by atoms with van der Waals surface area (Å²) in [5, 5.41) is 2.82. The summed E-state index contributed by atoms with van der Waals surface area (Å²) in [6.07, 6.45) is 0.431. The lowest BCUT2D eigenvalue weighted by Gasteiger charge is -2.33. The number of anilines is 1. The Labute approximate surface area is 151 Å². The van der Waals surface area contributed by atoms with E-state index in [4.69, 9.17) is 14.2 Å². The van der Waals surface area contributed by atoms with Crippen molar-refractivity contribution in [3.63, 3.8) is 0 Å². The van der Waals surface area contributed by atoms with E-state index in [1.165, 1.54) is 0 Å². The summed E-state index contributed by atoms with van der Waals surface area (Å²) in [4.78, 5) is 24.9. The molecule has 0 radical (unpaired) electrons. The van der Waals surface area contributed by atoms with Crippen LogP contribution in [-0.2, 0) is 20.7 Å². The fourth-order valence-electron chi connectivity index (χ4n) is 3.01. The van der Waals surface area contributed by atoms with Gasteiger partial charge in [-0.15, -0.1) is 0 Å². The van der Waals surface area contributed by atoms with Crippen LogP contribution in [0.1, 0.15) is 22.8 Å². The maximum atomic E-state index is 12.7. The molecule has 1 N–H and O–H groups in total. The summed E-state index contributed by atoms with van der Waals surface area (Å²) in [7, 11) is 0. The Bertz CT molecular complexity index is 844. The molecule has 1 fully saturated rings. The van der Waals surface area contributed by atoms with Gasteiger partial charge in [0.15, 0.2) is 5.60 Å². The Kier molecular flexibility index (Phi) is 4.12. The van der Waals surface area contributed by atoms with Gasteiger partial charge in [-0.25, -0.2) is 4.79 Å². The number of cyclic esters (lactones) is 1. The van der Waals surface area contributed by atoms with Crippen LogP contribution in [0.25, 0.3) is 0 Å². The number of carbonyl (C=O) groups is 2. The first-order valence-corrected chi connectivity index (χ1v) is 8.51. The molecule has 4 rings (SSSR count). The predicted octanol–water partition coefficient (Wildman–Crippen LogP) is 2.57. The number of nitrogens with one attached hydrogen (secondary N) is 1. The number of carbonyl (C=O) groups excluding carboxylic acids is 2. The maximum Gasteiger partial charge on any atom is 0.339 e. The van der Waals surface area contributed by atoms with Crippen LogP contribution < -0.4 is 10.1 Å². The van der Waals surface area contributed by atoms with Gasteiger partial charge in [0, 0.05) is 12.1 Å². The van der Waals surface area contributed by atoms with Crippen molar-refractivity contribution in [3.05, 3.63) is 59.7 Å². The molecule has 2 aromatic carbocycles. The summed E-state index contributed by atoms with van der Waals surface area (Å²) < 4.78 is 16.2. The molecule has 0 spiro atoms. The fourth-order valence-corrected chi connectivity index (χ4v) is 3.01. The van der Waals surface area contributed by atoms with Crippen molar-refractivity contribution in [1.29, 1.82) is 0 Å². The second kappa shape index (κ2) is 6.46. The van der Waals surface area contributed by atoms with Gasteiger partial charge in [0.25, 0.3) is 5.91 Å². The van der Waals surface area contributed by atoms with Crippen LogP contribution in [0, 0.1) is 0 Å². The lowest BCUT2D eigenvalue weighted by Crippen LogP contribution is -2.48. The Balaban J connectivity index is 1.45. The van der Waals surface area contributed by atoms with Crippen LogP contribution in [0.15, 0.2) is 48.5 Å². The molecular weight excluding hydrogens is 334 g/mol. The third kappa shape index (κ3) is 3.15. The average molecular weight is 353 g/mol. The molecule has 0 bridgehead atoms. The van der Waals surface area contributed by atoms with Crippen molar-refractivity contribution in [2.75, 3.05) is 18.5 Å². The van der Waals surface area contributed by atoms with E-state index in [0.29, 0.717) is 30.9 Å². The Hall–Kier alpha value is -2.86. The van der Waals surface area contributed by atoms with E-state index in [1.54, 1.807) is 43.3 Å². The van der Waals surface area contributed by atoms with Crippen LogP contribution in [-0.4, -0.2) is 36.8 Å². The van der Waals surface area contributed by atoms with Crippen molar-refractivity contribution in [2.45, 2.75) is 25.0 Å². The highest BCUT2D eigenvalue weighted by Gasteiger charge is 2.42. The molecule has 2 heterocycles. The van der Waals surface area contributed by atoms with Gasteiger partial charge in [-0.1, -0.05) is 18.2 Å². The van der Waals surface area contributed by atoms with E-state index >= 15 is 0 Å². The molecule has 2 aliphatic heterocycles. The average Bonchev–Trinajstić information content (AvgIpc) is 2.59. The third-order valence-electron chi connectivity index (χ3n) is 4.59. The summed E-state index contributed by atoms with van der Waals surface area (Å²) in [5.74, 6) is -0.113. The largest absolute Gasteiger partial charge is 0.486 e. The quantitative estimate of drug-likeness (QED) is 0.855. The number of hydrogen-bond donors (Lipinski definition) is 1. The van der Waals surface area contributed by atoms with E-state index in [-0.39, 0.29) is 12.0 Å².